The van der Waals surface area contributed by atoms with Gasteiger partial charge in [0, 0.05) is 62.3 Å². The molecule has 15 heteroatoms. The van der Waals surface area contributed by atoms with Crippen LogP contribution >= 0.6 is 11.6 Å². The molecule has 3 aliphatic rings. The molecule has 2 aliphatic heterocycles. The maximum absolute atomic E-state index is 15.1. The standard InChI is InChI=1S/C44H53ClN6O7S/c1-29-28-59(54,49-43(53)37-26-50(2)47-44(37)56-4)48-42(52)33-10-13-41-38(24-33)51(21-18-31-8-11-35(45)23-32(31)7-5-6-22-57-41)25-34-9-12-36(34)40(55-3)15-14-39(29)58-27-30-16-19-46-20-17-30/h8,10-11,13-17,19-20,23-24,26,29,34,36,39-40H,5-7,9,12,18,21-22,25,27-28H2,1-4H3,(H,48,49,52,53,54)/b15-14+/t29-,34+,36-,39+,40+,59?/m1/s1. The average molecular weight is 845 g/mol. The van der Waals surface area contributed by atoms with Gasteiger partial charge in [0.1, 0.15) is 21.2 Å². The summed E-state index contributed by atoms with van der Waals surface area (Å²) in [6.07, 6.45) is 13.5. The van der Waals surface area contributed by atoms with Crippen molar-refractivity contribution in [1.82, 2.24) is 19.5 Å². The number of fused-ring (bicyclic) bond motifs is 3. The number of anilines is 1. The number of hydrogen-bond donors (Lipinski definition) is 1. The van der Waals surface area contributed by atoms with Crippen molar-refractivity contribution in [2.45, 2.75) is 64.3 Å². The zero-order chi connectivity index (χ0) is 41.5. The van der Waals surface area contributed by atoms with Crippen LogP contribution in [0.2, 0.25) is 5.02 Å². The lowest BCUT2D eigenvalue weighted by Crippen LogP contribution is -2.44. The second-order valence-corrected chi connectivity index (χ2v) is 18.1. The summed E-state index contributed by atoms with van der Waals surface area (Å²) < 4.78 is 48.0. The summed E-state index contributed by atoms with van der Waals surface area (Å²) in [6.45, 7) is 3.97. The third kappa shape index (κ3) is 10.3. The molecule has 2 amide bonds. The van der Waals surface area contributed by atoms with Crippen molar-refractivity contribution in [1.29, 1.82) is 0 Å². The second-order valence-electron chi connectivity index (χ2n) is 15.7. The van der Waals surface area contributed by atoms with E-state index in [9.17, 15) is 9.59 Å². The van der Waals surface area contributed by atoms with E-state index in [0.29, 0.717) is 31.4 Å². The number of ether oxygens (including phenoxy) is 4. The fourth-order valence-electron chi connectivity index (χ4n) is 8.20. The van der Waals surface area contributed by atoms with Gasteiger partial charge in [0.25, 0.3) is 11.8 Å². The highest BCUT2D eigenvalue weighted by atomic mass is 35.5. The van der Waals surface area contributed by atoms with Crippen LogP contribution in [0.1, 0.15) is 70.0 Å². The van der Waals surface area contributed by atoms with Crippen LogP contribution in [0, 0.1) is 17.8 Å². The summed E-state index contributed by atoms with van der Waals surface area (Å²) in [5.41, 5.74) is 4.42. The van der Waals surface area contributed by atoms with Crippen molar-refractivity contribution in [2.24, 2.45) is 29.2 Å². The molecule has 7 rings (SSSR count). The van der Waals surface area contributed by atoms with Gasteiger partial charge in [-0.2, -0.15) is 0 Å². The number of amides is 2. The first kappa shape index (κ1) is 42.4. The van der Waals surface area contributed by atoms with Crippen LogP contribution in [-0.4, -0.2) is 82.7 Å². The van der Waals surface area contributed by atoms with E-state index >= 15 is 4.21 Å². The molecule has 13 nitrogen and oxygen atoms in total. The molecular formula is C44H53ClN6O7S. The summed E-state index contributed by atoms with van der Waals surface area (Å²) in [5.74, 6) is -0.940. The third-order valence-corrected chi connectivity index (χ3v) is 13.7. The van der Waals surface area contributed by atoms with Crippen molar-refractivity contribution in [2.75, 3.05) is 44.6 Å². The Labute approximate surface area is 351 Å². The summed E-state index contributed by atoms with van der Waals surface area (Å²) in [4.78, 5) is 34.6. The van der Waals surface area contributed by atoms with Gasteiger partial charge in [-0.25, -0.2) is 4.21 Å². The molecule has 314 valence electrons. The highest BCUT2D eigenvalue weighted by Crippen LogP contribution is 2.41. The van der Waals surface area contributed by atoms with E-state index in [0.717, 1.165) is 54.8 Å². The highest BCUT2D eigenvalue weighted by molar-refractivity contribution is 7.92. The Balaban J connectivity index is 1.32. The van der Waals surface area contributed by atoms with E-state index in [-0.39, 0.29) is 41.4 Å². The summed E-state index contributed by atoms with van der Waals surface area (Å²) in [5, 5.41) is 4.91. The number of nitrogens with one attached hydrogen (secondary N) is 1. The number of halogens is 1. The molecule has 0 saturated heterocycles. The Morgan fingerprint density at radius 1 is 1.02 bits per heavy atom. The molecule has 1 N–H and O–H groups in total. The Kier molecular flexibility index (Phi) is 13.7. The molecule has 0 radical (unpaired) electrons. The number of rotatable bonds is 7. The SMILES string of the molecule is COc1nn(C)cc1C(=O)NS1(=O)=NC(=O)c2ccc3c(c2)N(CCc2ccc(Cl)cc2CCCCO3)C[C@@H]2CC[C@H]2[C@@H](OC)/C=C/[C@H](OCc2ccncc2)[C@H](C)C1. The van der Waals surface area contributed by atoms with Crippen LogP contribution in [0.3, 0.4) is 0 Å². The molecule has 2 aromatic heterocycles. The number of methoxy groups -OCH3 is 2. The Hall–Kier alpha value is -4.76. The molecule has 1 fully saturated rings. The summed E-state index contributed by atoms with van der Waals surface area (Å²) >= 11 is 6.47. The van der Waals surface area contributed by atoms with Crippen molar-refractivity contribution in [3.8, 4) is 11.6 Å². The maximum Gasteiger partial charge on any atom is 0.286 e. The molecule has 4 aromatic rings. The number of hydrogen-bond acceptors (Lipinski definition) is 10. The molecule has 1 aliphatic carbocycles. The second kappa shape index (κ2) is 19.1. The molecule has 59 heavy (non-hydrogen) atoms. The predicted octanol–water partition coefficient (Wildman–Crippen LogP) is 7.03. The van der Waals surface area contributed by atoms with E-state index in [1.807, 2.05) is 37.3 Å². The van der Waals surface area contributed by atoms with Gasteiger partial charge < -0.3 is 23.8 Å². The van der Waals surface area contributed by atoms with Gasteiger partial charge in [-0.15, -0.1) is 9.46 Å². The smallest absolute Gasteiger partial charge is 0.286 e. The first-order valence-corrected chi connectivity index (χ1v) is 22.3. The lowest BCUT2D eigenvalue weighted by Gasteiger charge is -2.43. The fourth-order valence-corrected chi connectivity index (χ4v) is 10.3. The zero-order valence-electron chi connectivity index (χ0n) is 34.1. The number of carbonyl (C=O) groups excluding carboxylic acids is 2. The van der Waals surface area contributed by atoms with Gasteiger partial charge in [0.2, 0.25) is 5.88 Å². The van der Waals surface area contributed by atoms with Crippen molar-refractivity contribution in [3.05, 3.63) is 112 Å². The van der Waals surface area contributed by atoms with Gasteiger partial charge in [-0.1, -0.05) is 36.7 Å². The number of aryl methyl sites for hydroxylation is 2. The minimum Gasteiger partial charge on any atom is -0.491 e. The quantitative estimate of drug-likeness (QED) is 0.193. The van der Waals surface area contributed by atoms with Crippen LogP contribution < -0.4 is 19.1 Å². The van der Waals surface area contributed by atoms with Crippen molar-refractivity contribution in [3.63, 3.8) is 0 Å². The van der Waals surface area contributed by atoms with E-state index in [2.05, 4.69) is 36.2 Å². The number of carbonyl (C=O) groups is 2. The predicted molar refractivity (Wildman–Crippen MR) is 227 cm³/mol. The minimum atomic E-state index is -3.80. The largest absolute Gasteiger partial charge is 0.491 e. The monoisotopic (exact) mass is 844 g/mol. The van der Waals surface area contributed by atoms with Crippen molar-refractivity contribution >= 4 is 39.0 Å². The molecule has 1 saturated carbocycles. The summed E-state index contributed by atoms with van der Waals surface area (Å²) in [7, 11) is 0.966. The number of benzene rings is 2. The average Bonchev–Trinajstić information content (AvgIpc) is 3.60. The molecule has 2 aromatic carbocycles. The first-order chi connectivity index (χ1) is 28.5. The molecule has 2 bridgehead atoms. The van der Waals surface area contributed by atoms with Crippen LogP contribution in [0.15, 0.2) is 83.6 Å². The molecule has 4 heterocycles. The zero-order valence-corrected chi connectivity index (χ0v) is 35.6. The van der Waals surface area contributed by atoms with Crippen molar-refractivity contribution < 1.29 is 32.7 Å². The van der Waals surface area contributed by atoms with Crippen LogP contribution in [0.4, 0.5) is 5.69 Å². The molecule has 0 spiro atoms. The molecule has 6 atom stereocenters. The van der Waals surface area contributed by atoms with Crippen LogP contribution in [-0.2, 0) is 45.9 Å². The number of pyridine rings is 1. The molecule has 1 unspecified atom stereocenters. The normalized spacial score (nSPS) is 25.7. The Morgan fingerprint density at radius 3 is 2.59 bits per heavy atom. The lowest BCUT2D eigenvalue weighted by molar-refractivity contribution is 0.0103. The molecular weight excluding hydrogens is 792 g/mol. The van der Waals surface area contributed by atoms with Gasteiger partial charge >= 0.3 is 0 Å². The van der Waals surface area contributed by atoms with E-state index < -0.39 is 33.8 Å². The Morgan fingerprint density at radius 2 is 1.83 bits per heavy atom. The number of aromatic nitrogens is 3. The minimum absolute atomic E-state index is 0.0488. The van der Waals surface area contributed by atoms with Gasteiger partial charge in [0.05, 0.1) is 44.0 Å². The summed E-state index contributed by atoms with van der Waals surface area (Å²) in [6, 6.07) is 15.1. The van der Waals surface area contributed by atoms with E-state index in [1.54, 1.807) is 44.8 Å². The van der Waals surface area contributed by atoms with Crippen LogP contribution in [0.5, 0.6) is 11.6 Å². The van der Waals surface area contributed by atoms with Gasteiger partial charge in [0.15, 0.2) is 0 Å². The highest BCUT2D eigenvalue weighted by Gasteiger charge is 2.38. The van der Waals surface area contributed by atoms with E-state index in [4.69, 9.17) is 30.5 Å². The topological polar surface area (TPSA) is 146 Å². The Bertz CT molecular complexity index is 2280. The first-order valence-electron chi connectivity index (χ1n) is 20.2. The van der Waals surface area contributed by atoms with E-state index in [1.165, 1.54) is 29.1 Å². The van der Waals surface area contributed by atoms with Gasteiger partial charge in [-0.05, 0) is 110 Å². The van der Waals surface area contributed by atoms with Crippen LogP contribution in [0.25, 0.3) is 0 Å². The maximum atomic E-state index is 15.1. The fraction of sp³-hybridized carbons (Fsp3) is 0.455. The lowest BCUT2D eigenvalue weighted by atomic mass is 9.70. The number of nitrogens with zero attached hydrogens (tertiary/aromatic N) is 5. The van der Waals surface area contributed by atoms with Gasteiger partial charge in [-0.3, -0.25) is 24.0 Å². The third-order valence-electron chi connectivity index (χ3n) is 11.5.